The number of carbonyl (C=O) groups excluding carboxylic acids is 1. The fraction of sp³-hybridized carbons (Fsp3) is 0.316. The molecule has 2 aromatic rings. The number of ether oxygens (including phenoxy) is 1. The lowest BCUT2D eigenvalue weighted by molar-refractivity contribution is -0.133. The van der Waals surface area contributed by atoms with Gasteiger partial charge in [-0.25, -0.2) is 8.42 Å². The van der Waals surface area contributed by atoms with Gasteiger partial charge in [-0.15, -0.1) is 0 Å². The number of anilines is 1. The molecule has 138 valence electrons. The third kappa shape index (κ3) is 4.05. The van der Waals surface area contributed by atoms with Gasteiger partial charge in [-0.3, -0.25) is 9.10 Å². The number of aryl methyl sites for hydroxylation is 1. The van der Waals surface area contributed by atoms with Crippen LogP contribution in [0.2, 0.25) is 0 Å². The standard InChI is InChI=1S/C19H22N2O4S/c1-16-6-5-7-17(14-16)21(15-19(22)20-10-12-25-13-11-20)26(23,24)18-8-3-2-4-9-18/h2-9,14H,10-13,15H2,1H3. The predicted octanol–water partition coefficient (Wildman–Crippen LogP) is 2.05. The molecule has 1 aliphatic heterocycles. The molecule has 1 saturated heterocycles. The van der Waals surface area contributed by atoms with Crippen molar-refractivity contribution in [1.82, 2.24) is 4.90 Å². The average Bonchev–Trinajstić information content (AvgIpc) is 2.67. The van der Waals surface area contributed by atoms with Crippen LogP contribution in [-0.2, 0) is 19.6 Å². The second-order valence-electron chi connectivity index (χ2n) is 6.16. The first-order chi connectivity index (χ1) is 12.5. The van der Waals surface area contributed by atoms with Crippen LogP contribution in [0.3, 0.4) is 0 Å². The van der Waals surface area contributed by atoms with E-state index in [2.05, 4.69) is 0 Å². The van der Waals surface area contributed by atoms with Crippen molar-refractivity contribution < 1.29 is 17.9 Å². The largest absolute Gasteiger partial charge is 0.378 e. The zero-order valence-electron chi connectivity index (χ0n) is 14.7. The summed E-state index contributed by atoms with van der Waals surface area (Å²) >= 11 is 0. The normalized spacial score (nSPS) is 14.9. The van der Waals surface area contributed by atoms with E-state index in [9.17, 15) is 13.2 Å². The van der Waals surface area contributed by atoms with Crippen LogP contribution in [-0.4, -0.2) is 52.1 Å². The minimum atomic E-state index is -3.85. The maximum atomic E-state index is 13.2. The minimum Gasteiger partial charge on any atom is -0.378 e. The van der Waals surface area contributed by atoms with Gasteiger partial charge in [0.2, 0.25) is 5.91 Å². The third-order valence-corrected chi connectivity index (χ3v) is 6.05. The molecule has 1 heterocycles. The minimum absolute atomic E-state index is 0.163. The molecule has 0 aromatic heterocycles. The topological polar surface area (TPSA) is 66.9 Å². The number of amides is 1. The number of benzene rings is 2. The third-order valence-electron chi connectivity index (χ3n) is 4.26. The van der Waals surface area contributed by atoms with E-state index in [-0.39, 0.29) is 17.3 Å². The van der Waals surface area contributed by atoms with Gasteiger partial charge in [-0.1, -0.05) is 30.3 Å². The van der Waals surface area contributed by atoms with Crippen molar-refractivity contribution in [2.24, 2.45) is 0 Å². The van der Waals surface area contributed by atoms with Gasteiger partial charge in [0.05, 0.1) is 23.8 Å². The maximum absolute atomic E-state index is 13.2. The Morgan fingerprint density at radius 2 is 1.77 bits per heavy atom. The summed E-state index contributed by atoms with van der Waals surface area (Å²) in [5, 5.41) is 0. The van der Waals surface area contributed by atoms with Crippen LogP contribution in [0.25, 0.3) is 0 Å². The molecular formula is C19H22N2O4S. The van der Waals surface area contributed by atoms with Crippen LogP contribution in [0, 0.1) is 6.92 Å². The Morgan fingerprint density at radius 3 is 2.42 bits per heavy atom. The van der Waals surface area contributed by atoms with Crippen molar-refractivity contribution in [2.45, 2.75) is 11.8 Å². The molecule has 7 heteroatoms. The van der Waals surface area contributed by atoms with Crippen LogP contribution >= 0.6 is 0 Å². The highest BCUT2D eigenvalue weighted by atomic mass is 32.2. The van der Waals surface area contributed by atoms with Crippen LogP contribution in [0.4, 0.5) is 5.69 Å². The van der Waals surface area contributed by atoms with Gasteiger partial charge in [0, 0.05) is 13.1 Å². The van der Waals surface area contributed by atoms with Crippen molar-refractivity contribution in [3.05, 3.63) is 60.2 Å². The van der Waals surface area contributed by atoms with Gasteiger partial charge < -0.3 is 9.64 Å². The monoisotopic (exact) mass is 374 g/mol. The van der Waals surface area contributed by atoms with Gasteiger partial charge >= 0.3 is 0 Å². The Hall–Kier alpha value is -2.38. The molecule has 6 nitrogen and oxygen atoms in total. The molecule has 0 spiro atoms. The lowest BCUT2D eigenvalue weighted by Crippen LogP contribution is -2.47. The lowest BCUT2D eigenvalue weighted by atomic mass is 10.2. The summed E-state index contributed by atoms with van der Waals surface area (Å²) in [7, 11) is -3.85. The molecule has 0 aliphatic carbocycles. The zero-order chi connectivity index (χ0) is 18.6. The molecule has 3 rings (SSSR count). The van der Waals surface area contributed by atoms with Crippen LogP contribution in [0.5, 0.6) is 0 Å². The SMILES string of the molecule is Cc1cccc(N(CC(=O)N2CCOCC2)S(=O)(=O)c2ccccc2)c1. The number of carbonyl (C=O) groups is 1. The maximum Gasteiger partial charge on any atom is 0.264 e. The van der Waals surface area contributed by atoms with Crippen molar-refractivity contribution in [1.29, 1.82) is 0 Å². The van der Waals surface area contributed by atoms with Gasteiger partial charge in [0.25, 0.3) is 10.0 Å². The fourth-order valence-electron chi connectivity index (χ4n) is 2.85. The van der Waals surface area contributed by atoms with E-state index < -0.39 is 10.0 Å². The van der Waals surface area contributed by atoms with Gasteiger partial charge in [-0.2, -0.15) is 0 Å². The molecule has 0 N–H and O–H groups in total. The van der Waals surface area contributed by atoms with Crippen molar-refractivity contribution in [3.8, 4) is 0 Å². The summed E-state index contributed by atoms with van der Waals surface area (Å²) in [6.07, 6.45) is 0. The number of sulfonamides is 1. The molecule has 0 saturated carbocycles. The highest BCUT2D eigenvalue weighted by molar-refractivity contribution is 7.92. The molecule has 0 radical (unpaired) electrons. The fourth-order valence-corrected chi connectivity index (χ4v) is 4.28. The van der Waals surface area contributed by atoms with Crippen molar-refractivity contribution in [3.63, 3.8) is 0 Å². The second kappa shape index (κ2) is 7.88. The van der Waals surface area contributed by atoms with E-state index in [0.717, 1.165) is 5.56 Å². The summed E-state index contributed by atoms with van der Waals surface area (Å²) in [6.45, 7) is 3.56. The molecule has 0 bridgehead atoms. The Morgan fingerprint density at radius 1 is 1.08 bits per heavy atom. The highest BCUT2D eigenvalue weighted by Gasteiger charge is 2.29. The quantitative estimate of drug-likeness (QED) is 0.803. The molecule has 1 aliphatic rings. The van der Waals surface area contributed by atoms with Crippen molar-refractivity contribution >= 4 is 21.6 Å². The Kier molecular flexibility index (Phi) is 5.58. The van der Waals surface area contributed by atoms with Crippen LogP contribution in [0.1, 0.15) is 5.56 Å². The summed E-state index contributed by atoms with van der Waals surface area (Å²) in [6, 6.07) is 15.3. The number of rotatable bonds is 5. The number of hydrogen-bond donors (Lipinski definition) is 0. The summed E-state index contributed by atoms with van der Waals surface area (Å²) in [5.74, 6) is -0.227. The van der Waals surface area contributed by atoms with Crippen LogP contribution < -0.4 is 4.31 Å². The number of morpholine rings is 1. The van der Waals surface area contributed by atoms with Crippen molar-refractivity contribution in [2.75, 3.05) is 37.2 Å². The van der Waals surface area contributed by atoms with E-state index in [0.29, 0.717) is 32.0 Å². The molecule has 1 amide bonds. The molecule has 0 atom stereocenters. The summed E-state index contributed by atoms with van der Waals surface area (Å²) < 4.78 is 32.8. The van der Waals surface area contributed by atoms with E-state index >= 15 is 0 Å². The number of nitrogens with zero attached hydrogens (tertiary/aromatic N) is 2. The van der Waals surface area contributed by atoms with E-state index in [1.165, 1.54) is 16.4 Å². The highest BCUT2D eigenvalue weighted by Crippen LogP contribution is 2.24. The Labute approximate surface area is 154 Å². The average molecular weight is 374 g/mol. The first-order valence-corrected chi connectivity index (χ1v) is 9.92. The Bertz CT molecular complexity index is 862. The van der Waals surface area contributed by atoms with E-state index in [1.807, 2.05) is 13.0 Å². The van der Waals surface area contributed by atoms with E-state index in [1.54, 1.807) is 41.3 Å². The molecule has 2 aromatic carbocycles. The van der Waals surface area contributed by atoms with E-state index in [4.69, 9.17) is 4.74 Å². The van der Waals surface area contributed by atoms with Gasteiger partial charge in [0.15, 0.2) is 0 Å². The van der Waals surface area contributed by atoms with Gasteiger partial charge in [-0.05, 0) is 36.8 Å². The molecule has 0 unspecified atom stereocenters. The smallest absolute Gasteiger partial charge is 0.264 e. The van der Waals surface area contributed by atoms with Gasteiger partial charge in [0.1, 0.15) is 6.54 Å². The Balaban J connectivity index is 1.95. The lowest BCUT2D eigenvalue weighted by Gasteiger charge is -2.30. The molecule has 26 heavy (non-hydrogen) atoms. The second-order valence-corrected chi connectivity index (χ2v) is 8.02. The first kappa shape index (κ1) is 18.4. The van der Waals surface area contributed by atoms with Crippen LogP contribution in [0.15, 0.2) is 59.5 Å². The summed E-state index contributed by atoms with van der Waals surface area (Å²) in [4.78, 5) is 14.5. The predicted molar refractivity (Wildman–Crippen MR) is 99.6 cm³/mol. The zero-order valence-corrected chi connectivity index (χ0v) is 15.5. The molecule has 1 fully saturated rings. The first-order valence-electron chi connectivity index (χ1n) is 8.48. The molecular weight excluding hydrogens is 352 g/mol. The summed E-state index contributed by atoms with van der Waals surface area (Å²) in [5.41, 5.74) is 1.41. The number of hydrogen-bond acceptors (Lipinski definition) is 4.